The van der Waals surface area contributed by atoms with E-state index in [9.17, 15) is 44.3 Å². The Hall–Kier alpha value is -1.94. The summed E-state index contributed by atoms with van der Waals surface area (Å²) in [5.41, 5.74) is -5.17. The first-order chi connectivity index (χ1) is 9.65. The topological polar surface area (TPSA) is 37.3 Å². The van der Waals surface area contributed by atoms with Gasteiger partial charge in [-0.15, -0.1) is 0 Å². The SMILES string of the molecule is O=C(O)c1cc(C(C(F)(F)F)C(F)(F)F)ccc1C(F)(F)F. The first-order valence-corrected chi connectivity index (χ1v) is 5.23. The molecule has 11 heteroatoms. The van der Waals surface area contributed by atoms with E-state index in [4.69, 9.17) is 5.11 Å². The molecule has 0 aliphatic heterocycles. The van der Waals surface area contributed by atoms with Crippen LogP contribution in [0.25, 0.3) is 0 Å². The average Bonchev–Trinajstić information content (AvgIpc) is 2.22. The molecule has 0 aliphatic carbocycles. The molecule has 0 amide bonds. The third-order valence-corrected chi connectivity index (χ3v) is 2.57. The van der Waals surface area contributed by atoms with Gasteiger partial charge in [0.2, 0.25) is 0 Å². The second kappa shape index (κ2) is 5.36. The van der Waals surface area contributed by atoms with E-state index in [0.29, 0.717) is 0 Å². The van der Waals surface area contributed by atoms with Gasteiger partial charge in [0.1, 0.15) is 0 Å². The van der Waals surface area contributed by atoms with Crippen molar-refractivity contribution in [3.05, 3.63) is 34.9 Å². The molecule has 124 valence electrons. The lowest BCUT2D eigenvalue weighted by Crippen LogP contribution is -2.34. The zero-order valence-electron chi connectivity index (χ0n) is 10.1. The predicted octanol–water partition coefficient (Wildman–Crippen LogP) is 4.61. The Bertz CT molecular complexity index is 554. The van der Waals surface area contributed by atoms with E-state index in [2.05, 4.69) is 0 Å². The van der Waals surface area contributed by atoms with Crippen LogP contribution < -0.4 is 0 Å². The molecule has 1 aromatic carbocycles. The van der Waals surface area contributed by atoms with Crippen LogP contribution in [0.4, 0.5) is 39.5 Å². The van der Waals surface area contributed by atoms with Gasteiger partial charge < -0.3 is 5.11 Å². The van der Waals surface area contributed by atoms with Gasteiger partial charge >= 0.3 is 24.5 Å². The molecule has 1 rings (SSSR count). The second-order valence-corrected chi connectivity index (χ2v) is 4.12. The summed E-state index contributed by atoms with van der Waals surface area (Å²) in [4.78, 5) is 10.7. The molecule has 1 aromatic rings. The highest BCUT2D eigenvalue weighted by Gasteiger charge is 2.57. The summed E-state index contributed by atoms with van der Waals surface area (Å²) in [6.07, 6.45) is -16.9. The molecule has 0 saturated carbocycles. The van der Waals surface area contributed by atoms with E-state index in [1.54, 1.807) is 0 Å². The van der Waals surface area contributed by atoms with Gasteiger partial charge in [-0.05, 0) is 17.7 Å². The summed E-state index contributed by atoms with van der Waals surface area (Å²) < 4.78 is 112. The molecule has 2 nitrogen and oxygen atoms in total. The highest BCUT2D eigenvalue weighted by Crippen LogP contribution is 2.47. The largest absolute Gasteiger partial charge is 0.478 e. The summed E-state index contributed by atoms with van der Waals surface area (Å²) >= 11 is 0. The lowest BCUT2D eigenvalue weighted by atomic mass is 9.93. The van der Waals surface area contributed by atoms with Crippen molar-refractivity contribution in [3.8, 4) is 0 Å². The molecule has 0 atom stereocenters. The van der Waals surface area contributed by atoms with Crippen LogP contribution in [0.1, 0.15) is 27.4 Å². The minimum Gasteiger partial charge on any atom is -0.478 e. The molecular formula is C11H5F9O2. The van der Waals surface area contributed by atoms with Crippen LogP contribution in [0.5, 0.6) is 0 Å². The third-order valence-electron chi connectivity index (χ3n) is 2.57. The van der Waals surface area contributed by atoms with Gasteiger partial charge in [0.25, 0.3) is 0 Å². The summed E-state index contributed by atoms with van der Waals surface area (Å²) in [7, 11) is 0. The molecule has 1 N–H and O–H groups in total. The maximum absolute atomic E-state index is 12.5. The Kier molecular flexibility index (Phi) is 4.41. The molecule has 0 heterocycles. The fourth-order valence-corrected chi connectivity index (χ4v) is 1.73. The first kappa shape index (κ1) is 18.1. The Labute approximate surface area is 116 Å². The van der Waals surface area contributed by atoms with Gasteiger partial charge in [-0.3, -0.25) is 0 Å². The van der Waals surface area contributed by atoms with E-state index in [1.807, 2.05) is 0 Å². The van der Waals surface area contributed by atoms with Gasteiger partial charge in [0, 0.05) is 0 Å². The third kappa shape index (κ3) is 3.83. The van der Waals surface area contributed by atoms with Crippen LogP contribution in [-0.2, 0) is 6.18 Å². The van der Waals surface area contributed by atoms with Gasteiger partial charge in [-0.2, -0.15) is 39.5 Å². The zero-order valence-corrected chi connectivity index (χ0v) is 10.1. The van der Waals surface area contributed by atoms with Gasteiger partial charge in [-0.25, -0.2) is 4.79 Å². The Morgan fingerprint density at radius 3 is 1.68 bits per heavy atom. The standard InChI is InChI=1S/C11H5F9O2/c12-9(13,14)6-2-1-4(3-5(6)8(21)22)7(10(15,16)17)11(18,19)20/h1-3,7H,(H,21,22). The highest BCUT2D eigenvalue weighted by atomic mass is 19.4. The maximum atomic E-state index is 12.5. The number of hydrogen-bond donors (Lipinski definition) is 1. The molecule has 0 spiro atoms. The van der Waals surface area contributed by atoms with Crippen LogP contribution >= 0.6 is 0 Å². The molecule has 0 saturated heterocycles. The van der Waals surface area contributed by atoms with Crippen molar-refractivity contribution in [2.75, 3.05) is 0 Å². The summed E-state index contributed by atoms with van der Waals surface area (Å²) in [6.45, 7) is 0. The predicted molar refractivity (Wildman–Crippen MR) is 53.3 cm³/mol. The van der Waals surface area contributed by atoms with Gasteiger partial charge in [-0.1, -0.05) is 6.07 Å². The van der Waals surface area contributed by atoms with E-state index < -0.39 is 47.1 Å². The van der Waals surface area contributed by atoms with E-state index >= 15 is 0 Å². The van der Waals surface area contributed by atoms with Crippen molar-refractivity contribution in [2.24, 2.45) is 0 Å². The molecule has 0 unspecified atom stereocenters. The summed E-state index contributed by atoms with van der Waals surface area (Å²) in [6, 6.07) is -0.430. The molecule has 0 aliphatic rings. The van der Waals surface area contributed by atoms with Crippen LogP contribution in [0, 0.1) is 0 Å². The Morgan fingerprint density at radius 1 is 0.909 bits per heavy atom. The summed E-state index contributed by atoms with van der Waals surface area (Å²) in [5, 5.41) is 8.58. The number of hydrogen-bond acceptors (Lipinski definition) is 1. The molecule has 0 fully saturated rings. The number of carbonyl (C=O) groups is 1. The van der Waals surface area contributed by atoms with Crippen LogP contribution in [0.15, 0.2) is 18.2 Å². The van der Waals surface area contributed by atoms with Crippen LogP contribution in [0.2, 0.25) is 0 Å². The molecule has 0 radical (unpaired) electrons. The molecular weight excluding hydrogens is 335 g/mol. The Morgan fingerprint density at radius 2 is 1.36 bits per heavy atom. The minimum atomic E-state index is -5.84. The lowest BCUT2D eigenvalue weighted by molar-refractivity contribution is -0.253. The number of rotatable bonds is 2. The average molecular weight is 340 g/mol. The summed E-state index contributed by atoms with van der Waals surface area (Å²) in [5.74, 6) is -6.38. The smallest absolute Gasteiger partial charge is 0.417 e. The van der Waals surface area contributed by atoms with E-state index in [-0.39, 0.29) is 18.2 Å². The monoisotopic (exact) mass is 340 g/mol. The van der Waals surface area contributed by atoms with Crippen LogP contribution in [0.3, 0.4) is 0 Å². The zero-order chi connectivity index (χ0) is 17.5. The number of carboxylic acids is 1. The number of carboxylic acid groups (broad SMARTS) is 1. The molecule has 0 aromatic heterocycles. The number of benzene rings is 1. The van der Waals surface area contributed by atoms with Crippen molar-refractivity contribution in [1.82, 2.24) is 0 Å². The fourth-order valence-electron chi connectivity index (χ4n) is 1.73. The van der Waals surface area contributed by atoms with E-state index in [1.165, 1.54) is 0 Å². The van der Waals surface area contributed by atoms with Crippen molar-refractivity contribution in [2.45, 2.75) is 24.4 Å². The van der Waals surface area contributed by atoms with Crippen molar-refractivity contribution >= 4 is 5.97 Å². The van der Waals surface area contributed by atoms with Crippen molar-refractivity contribution in [3.63, 3.8) is 0 Å². The molecule has 0 bridgehead atoms. The number of halogens is 9. The van der Waals surface area contributed by atoms with Crippen molar-refractivity contribution in [1.29, 1.82) is 0 Å². The normalized spacial score (nSPS) is 13.5. The number of alkyl halides is 9. The van der Waals surface area contributed by atoms with E-state index in [0.717, 1.165) is 0 Å². The second-order valence-electron chi connectivity index (χ2n) is 4.12. The quantitative estimate of drug-likeness (QED) is 0.798. The lowest BCUT2D eigenvalue weighted by Gasteiger charge is -2.24. The minimum absolute atomic E-state index is 0.0408. The Balaban J connectivity index is 3.56. The highest BCUT2D eigenvalue weighted by molar-refractivity contribution is 5.90. The number of aromatic carboxylic acids is 1. The van der Waals surface area contributed by atoms with Crippen molar-refractivity contribution < 1.29 is 49.4 Å². The molecule has 22 heavy (non-hydrogen) atoms. The van der Waals surface area contributed by atoms with Crippen LogP contribution in [-0.4, -0.2) is 23.4 Å². The fraction of sp³-hybridized carbons (Fsp3) is 0.364. The maximum Gasteiger partial charge on any atom is 0.417 e. The first-order valence-electron chi connectivity index (χ1n) is 5.23. The van der Waals surface area contributed by atoms with Gasteiger partial charge in [0.05, 0.1) is 11.1 Å². The van der Waals surface area contributed by atoms with Gasteiger partial charge in [0.15, 0.2) is 5.92 Å².